The van der Waals surface area contributed by atoms with E-state index < -0.39 is 35.6 Å². The molecule has 2 radical (unpaired) electrons. The summed E-state index contributed by atoms with van der Waals surface area (Å²) in [6, 6.07) is -0.798. The maximum Gasteiger partial charge on any atom is 0.253 e. The van der Waals surface area contributed by atoms with Gasteiger partial charge in [0.05, 0.1) is 60.1 Å². The van der Waals surface area contributed by atoms with Crippen LogP contribution in [0.3, 0.4) is 0 Å². The van der Waals surface area contributed by atoms with Crippen LogP contribution >= 0.6 is 0 Å². The Balaban J connectivity index is -0.00000355. The molecule has 2 N–H and O–H groups in total. The van der Waals surface area contributed by atoms with Gasteiger partial charge < -0.3 is 29.6 Å². The van der Waals surface area contributed by atoms with Gasteiger partial charge in [-0.25, -0.2) is 0 Å². The number of ether oxygens (including phenoxy) is 4. The molecular formula is C41H71BN4O12. The quantitative estimate of drug-likeness (QED) is 0.0608. The molecule has 330 valence electrons. The Hall–Kier alpha value is -4.06. The normalized spacial score (nSPS) is 13.0. The average molecular weight is 823 g/mol. The fourth-order valence-electron chi connectivity index (χ4n) is 4.75. The van der Waals surface area contributed by atoms with Crippen LogP contribution in [0.1, 0.15) is 106 Å². The molecule has 0 saturated heterocycles. The van der Waals surface area contributed by atoms with Gasteiger partial charge in [0.25, 0.3) is 23.6 Å². The van der Waals surface area contributed by atoms with Gasteiger partial charge in [0.15, 0.2) is 5.78 Å². The topological polar surface area (TPSA) is 204 Å². The first-order valence-corrected chi connectivity index (χ1v) is 20.7. The minimum absolute atomic E-state index is 0.0167. The molecule has 0 aromatic carbocycles. The van der Waals surface area contributed by atoms with Gasteiger partial charge in [0.2, 0.25) is 11.8 Å². The molecule has 0 fully saturated rings. The summed E-state index contributed by atoms with van der Waals surface area (Å²) in [7, 11) is 4.50. The fourth-order valence-corrected chi connectivity index (χ4v) is 4.75. The number of carbonyl (C=O) groups excluding carboxylic acids is 8. The molecule has 58 heavy (non-hydrogen) atoms. The maximum atomic E-state index is 13.0. The highest BCUT2D eigenvalue weighted by molar-refractivity contribution is 6.13. The standard InChI is InChI=1S/C34H50N4O12.3C2H6.CH3B/c1-2-26(39)14-19-48-21-23-50-25-24-49-22-20-47-18-5-7-28(40)27(36-30(42)13-17-38-33(45)10-11-34(38)46)6-3-4-15-35-29(41)12-16-37-31(43)8-9-32(37)44;4*1-2/h8-11,27H,2-7,12-25H2,1H3,(H,35,41)(H,36,42);3*1-2H3;1H3. The van der Waals surface area contributed by atoms with Crippen molar-refractivity contribution in [2.24, 2.45) is 0 Å². The smallest absolute Gasteiger partial charge is 0.253 e. The van der Waals surface area contributed by atoms with Crippen molar-refractivity contribution < 1.29 is 57.3 Å². The van der Waals surface area contributed by atoms with Crippen LogP contribution in [0.5, 0.6) is 0 Å². The van der Waals surface area contributed by atoms with E-state index in [9.17, 15) is 38.4 Å². The summed E-state index contributed by atoms with van der Waals surface area (Å²) < 4.78 is 21.7. The van der Waals surface area contributed by atoms with E-state index in [1.54, 1.807) is 0 Å². The molecule has 2 aliphatic heterocycles. The van der Waals surface area contributed by atoms with Crippen molar-refractivity contribution in [3.8, 4) is 0 Å². The number of hydrogen-bond acceptors (Lipinski definition) is 12. The van der Waals surface area contributed by atoms with Crippen molar-refractivity contribution in [1.29, 1.82) is 0 Å². The first-order valence-electron chi connectivity index (χ1n) is 20.7. The second-order valence-corrected chi connectivity index (χ2v) is 11.5. The molecule has 2 rings (SSSR count). The third-order valence-electron chi connectivity index (χ3n) is 7.64. The Labute approximate surface area is 347 Å². The van der Waals surface area contributed by atoms with Crippen LogP contribution in [0.25, 0.3) is 0 Å². The molecule has 0 aromatic rings. The number of nitrogens with zero attached hydrogens (tertiary/aromatic N) is 2. The predicted molar refractivity (Wildman–Crippen MR) is 223 cm³/mol. The summed E-state index contributed by atoms with van der Waals surface area (Å²) in [4.78, 5) is 97.8. The van der Waals surface area contributed by atoms with E-state index in [-0.39, 0.29) is 49.8 Å². The molecule has 17 heteroatoms. The monoisotopic (exact) mass is 823 g/mol. The molecule has 0 aromatic heterocycles. The lowest BCUT2D eigenvalue weighted by Crippen LogP contribution is -2.42. The lowest BCUT2D eigenvalue weighted by Gasteiger charge is -2.19. The number of unbranched alkanes of at least 4 members (excludes halogenated alkanes) is 1. The summed E-state index contributed by atoms with van der Waals surface area (Å²) in [6.07, 6.45) is 7.23. The molecule has 2 heterocycles. The van der Waals surface area contributed by atoms with Gasteiger partial charge >= 0.3 is 0 Å². The van der Waals surface area contributed by atoms with Gasteiger partial charge in [0, 0.05) is 82.6 Å². The first-order chi connectivity index (χ1) is 28.1. The van der Waals surface area contributed by atoms with Crippen molar-refractivity contribution in [3.63, 3.8) is 0 Å². The Bertz CT molecular complexity index is 1210. The first kappa shape index (κ1) is 58.3. The molecular weight excluding hydrogens is 751 g/mol. The molecule has 0 saturated carbocycles. The van der Waals surface area contributed by atoms with Crippen LogP contribution < -0.4 is 10.6 Å². The zero-order valence-corrected chi connectivity index (χ0v) is 36.4. The number of hydrogen-bond donors (Lipinski definition) is 2. The zero-order chi connectivity index (χ0) is 44.6. The van der Waals surface area contributed by atoms with Crippen LogP contribution in [-0.2, 0) is 57.3 Å². The second kappa shape index (κ2) is 41.1. The highest BCUT2D eigenvalue weighted by atomic mass is 16.6. The van der Waals surface area contributed by atoms with Crippen LogP contribution in [0, 0.1) is 0 Å². The zero-order valence-electron chi connectivity index (χ0n) is 36.4. The molecule has 6 amide bonds. The third-order valence-corrected chi connectivity index (χ3v) is 7.64. The van der Waals surface area contributed by atoms with Crippen LogP contribution in [0.2, 0.25) is 6.82 Å². The highest BCUT2D eigenvalue weighted by Crippen LogP contribution is 2.09. The van der Waals surface area contributed by atoms with E-state index in [1.807, 2.05) is 48.5 Å². The Morgan fingerprint density at radius 3 is 1.43 bits per heavy atom. The number of Topliss-reactive ketones (excluding diaryl/α,β-unsaturated/α-hetero) is 2. The van der Waals surface area contributed by atoms with Crippen molar-refractivity contribution >= 4 is 54.9 Å². The van der Waals surface area contributed by atoms with Crippen molar-refractivity contribution in [2.75, 3.05) is 72.5 Å². The summed E-state index contributed by atoms with van der Waals surface area (Å²) >= 11 is 0. The summed E-state index contributed by atoms with van der Waals surface area (Å²) in [6.45, 7) is 18.5. The summed E-state index contributed by atoms with van der Waals surface area (Å²) in [5.41, 5.74) is 0. The predicted octanol–water partition coefficient (Wildman–Crippen LogP) is 3.45. The fraction of sp³-hybridized carbons (Fsp3) is 0.707. The number of carbonyl (C=O) groups is 8. The average Bonchev–Trinajstić information content (AvgIpc) is 3.75. The minimum atomic E-state index is -0.798. The molecule has 16 nitrogen and oxygen atoms in total. The number of amides is 6. The molecule has 2 aliphatic rings. The van der Waals surface area contributed by atoms with Gasteiger partial charge in [-0.2, -0.15) is 0 Å². The highest BCUT2D eigenvalue weighted by Gasteiger charge is 2.26. The van der Waals surface area contributed by atoms with Crippen LogP contribution in [0.4, 0.5) is 0 Å². The van der Waals surface area contributed by atoms with E-state index >= 15 is 0 Å². The number of nitrogens with one attached hydrogen (secondary N) is 2. The lowest BCUT2D eigenvalue weighted by atomic mass is 10.0. The second-order valence-electron chi connectivity index (χ2n) is 11.5. The van der Waals surface area contributed by atoms with Gasteiger partial charge in [-0.3, -0.25) is 48.2 Å². The van der Waals surface area contributed by atoms with E-state index in [2.05, 4.69) is 18.5 Å². The van der Waals surface area contributed by atoms with Crippen LogP contribution in [0.15, 0.2) is 24.3 Å². The van der Waals surface area contributed by atoms with Crippen molar-refractivity contribution in [2.45, 2.75) is 119 Å². The molecule has 0 aliphatic carbocycles. The summed E-state index contributed by atoms with van der Waals surface area (Å²) in [5.74, 6) is -2.71. The van der Waals surface area contributed by atoms with Gasteiger partial charge in [-0.05, 0) is 25.7 Å². The Morgan fingerprint density at radius 1 is 0.569 bits per heavy atom. The molecule has 0 spiro atoms. The molecule has 0 bridgehead atoms. The third kappa shape index (κ3) is 29.2. The SMILES string of the molecule is CC.CC.CC.CCC(=O)CCOCCOCCOCCOCCCC(=O)C(CCCCNC(=O)CCN1C(=O)C=CC1=O)NC(=O)CCN1C(=O)C=CC1=O.[B]C. The lowest BCUT2D eigenvalue weighted by molar-refractivity contribution is -0.139. The van der Waals surface area contributed by atoms with Gasteiger partial charge in [-0.15, -0.1) is 0 Å². The van der Waals surface area contributed by atoms with E-state index in [1.165, 1.54) is 6.82 Å². The Morgan fingerprint density at radius 2 is 0.983 bits per heavy atom. The van der Waals surface area contributed by atoms with Crippen LogP contribution in [-0.4, -0.2) is 143 Å². The Kier molecular flexibility index (Phi) is 41.3. The van der Waals surface area contributed by atoms with Gasteiger partial charge in [0.1, 0.15) is 5.78 Å². The van der Waals surface area contributed by atoms with Gasteiger partial charge in [-0.1, -0.05) is 55.3 Å². The summed E-state index contributed by atoms with van der Waals surface area (Å²) in [5, 5.41) is 5.44. The molecule has 1 unspecified atom stereocenters. The van der Waals surface area contributed by atoms with E-state index in [4.69, 9.17) is 18.9 Å². The molecule has 1 atom stereocenters. The number of imide groups is 2. The largest absolute Gasteiger partial charge is 0.379 e. The number of ketones is 2. The van der Waals surface area contributed by atoms with Crippen molar-refractivity contribution in [3.05, 3.63) is 24.3 Å². The maximum absolute atomic E-state index is 13.0. The number of rotatable bonds is 30. The van der Waals surface area contributed by atoms with E-state index in [0.717, 1.165) is 34.1 Å². The van der Waals surface area contributed by atoms with E-state index in [0.29, 0.717) is 97.9 Å². The minimum Gasteiger partial charge on any atom is -0.379 e. The van der Waals surface area contributed by atoms with Crippen molar-refractivity contribution in [1.82, 2.24) is 20.4 Å².